The number of ether oxygens (including phenoxy) is 1. The van der Waals surface area contributed by atoms with Crippen molar-refractivity contribution < 1.29 is 4.74 Å². The molecule has 30 heavy (non-hydrogen) atoms. The van der Waals surface area contributed by atoms with Gasteiger partial charge in [-0.05, 0) is 40.0 Å². The van der Waals surface area contributed by atoms with Crippen molar-refractivity contribution in [2.45, 2.75) is 37.9 Å². The standard InChI is InChI=1S/C28H29IO/c1-2-3-7-21-27(22-14-23-29)30-28(24-15-8-4-9-16-24,25-17-10-5-11-18-25)26-19-12-6-13-20-26/h3-20,23,27H,2,21-22H2,1H3. The van der Waals surface area contributed by atoms with Crippen LogP contribution in [-0.2, 0) is 10.3 Å². The Labute approximate surface area is 194 Å². The Morgan fingerprint density at radius 2 is 1.13 bits per heavy atom. The average Bonchev–Trinajstić information content (AvgIpc) is 2.82. The van der Waals surface area contributed by atoms with E-state index in [1.165, 1.54) is 0 Å². The van der Waals surface area contributed by atoms with Crippen molar-refractivity contribution in [3.05, 3.63) is 130 Å². The van der Waals surface area contributed by atoms with Crippen LogP contribution in [-0.4, -0.2) is 6.10 Å². The predicted molar refractivity (Wildman–Crippen MR) is 136 cm³/mol. The van der Waals surface area contributed by atoms with E-state index in [0.717, 1.165) is 36.0 Å². The molecule has 0 bridgehead atoms. The van der Waals surface area contributed by atoms with Gasteiger partial charge in [-0.2, -0.15) is 0 Å². The Morgan fingerprint density at radius 3 is 1.53 bits per heavy atom. The zero-order valence-electron chi connectivity index (χ0n) is 17.5. The summed E-state index contributed by atoms with van der Waals surface area (Å²) in [7, 11) is 0. The molecule has 3 aromatic rings. The zero-order chi connectivity index (χ0) is 21.1. The number of benzene rings is 3. The highest BCUT2D eigenvalue weighted by molar-refractivity contribution is 14.1. The SMILES string of the molecule is CCC=CCC(CC=CI)OC(c1ccccc1)(c1ccccc1)c1ccccc1. The molecule has 1 unspecified atom stereocenters. The zero-order valence-corrected chi connectivity index (χ0v) is 19.6. The van der Waals surface area contributed by atoms with Gasteiger partial charge in [-0.1, -0.05) is 139 Å². The van der Waals surface area contributed by atoms with Crippen molar-refractivity contribution in [2.24, 2.45) is 0 Å². The molecule has 0 heterocycles. The summed E-state index contributed by atoms with van der Waals surface area (Å²) in [6, 6.07) is 31.8. The molecule has 0 aliphatic carbocycles. The topological polar surface area (TPSA) is 9.23 Å². The molecule has 0 spiro atoms. The van der Waals surface area contributed by atoms with Crippen LogP contribution in [0.3, 0.4) is 0 Å². The van der Waals surface area contributed by atoms with Gasteiger partial charge in [-0.25, -0.2) is 0 Å². The Morgan fingerprint density at radius 1 is 0.700 bits per heavy atom. The third kappa shape index (κ3) is 5.50. The minimum Gasteiger partial charge on any atom is -0.357 e. The fourth-order valence-corrected chi connectivity index (χ4v) is 4.08. The number of hydrogen-bond donors (Lipinski definition) is 0. The van der Waals surface area contributed by atoms with E-state index in [1.807, 2.05) is 0 Å². The van der Waals surface area contributed by atoms with Gasteiger partial charge in [0.15, 0.2) is 0 Å². The van der Waals surface area contributed by atoms with Crippen LogP contribution in [0.1, 0.15) is 42.9 Å². The lowest BCUT2D eigenvalue weighted by molar-refractivity contribution is -0.0442. The van der Waals surface area contributed by atoms with Gasteiger partial charge in [0.05, 0.1) is 6.10 Å². The van der Waals surface area contributed by atoms with Crippen LogP contribution < -0.4 is 0 Å². The summed E-state index contributed by atoms with van der Waals surface area (Å²) < 4.78 is 9.22. The van der Waals surface area contributed by atoms with Crippen LogP contribution in [0.5, 0.6) is 0 Å². The molecule has 154 valence electrons. The molecule has 0 N–H and O–H groups in total. The lowest BCUT2D eigenvalue weighted by Crippen LogP contribution is -2.36. The first-order valence-electron chi connectivity index (χ1n) is 10.6. The van der Waals surface area contributed by atoms with Gasteiger partial charge in [-0.15, -0.1) is 0 Å². The fourth-order valence-electron chi connectivity index (χ4n) is 3.78. The number of rotatable bonds is 10. The molecule has 0 amide bonds. The minimum atomic E-state index is -0.673. The van der Waals surface area contributed by atoms with Crippen LogP contribution in [0.15, 0.2) is 113 Å². The van der Waals surface area contributed by atoms with Crippen molar-refractivity contribution in [1.82, 2.24) is 0 Å². The third-order valence-corrected chi connectivity index (χ3v) is 5.68. The van der Waals surface area contributed by atoms with Gasteiger partial charge in [-0.3, -0.25) is 0 Å². The quantitative estimate of drug-likeness (QED) is 0.153. The van der Waals surface area contributed by atoms with E-state index in [0.29, 0.717) is 0 Å². The summed E-state index contributed by atoms with van der Waals surface area (Å²) in [5, 5.41) is 0. The molecule has 0 saturated carbocycles. The molecule has 0 aromatic heterocycles. The lowest BCUT2D eigenvalue weighted by Gasteiger charge is -2.39. The number of allylic oxidation sites excluding steroid dienone is 1. The van der Waals surface area contributed by atoms with Gasteiger partial charge in [0, 0.05) is 0 Å². The largest absolute Gasteiger partial charge is 0.357 e. The molecule has 0 saturated heterocycles. The van der Waals surface area contributed by atoms with Crippen molar-refractivity contribution in [3.8, 4) is 0 Å². The third-order valence-electron chi connectivity index (χ3n) is 5.17. The Hall–Kier alpha value is -2.17. The number of hydrogen-bond acceptors (Lipinski definition) is 1. The first-order valence-corrected chi connectivity index (χ1v) is 11.8. The summed E-state index contributed by atoms with van der Waals surface area (Å²) in [5.74, 6) is 0. The highest BCUT2D eigenvalue weighted by Crippen LogP contribution is 2.42. The summed E-state index contributed by atoms with van der Waals surface area (Å²) in [6.07, 6.45) is 9.50. The molecular weight excluding hydrogens is 479 g/mol. The molecular formula is C28H29IO. The van der Waals surface area contributed by atoms with E-state index in [1.54, 1.807) is 0 Å². The molecule has 0 fully saturated rings. The number of halogens is 1. The van der Waals surface area contributed by atoms with Gasteiger partial charge >= 0.3 is 0 Å². The molecule has 2 heteroatoms. The maximum Gasteiger partial charge on any atom is 0.144 e. The lowest BCUT2D eigenvalue weighted by atomic mass is 9.79. The second kappa shape index (κ2) is 11.9. The monoisotopic (exact) mass is 508 g/mol. The maximum absolute atomic E-state index is 7.14. The first kappa shape index (κ1) is 22.5. The molecule has 0 aliphatic rings. The Balaban J connectivity index is 2.18. The van der Waals surface area contributed by atoms with E-state index < -0.39 is 5.60 Å². The fraction of sp³-hybridized carbons (Fsp3) is 0.214. The highest BCUT2D eigenvalue weighted by atomic mass is 127. The second-order valence-corrected chi connectivity index (χ2v) is 7.95. The van der Waals surface area contributed by atoms with E-state index >= 15 is 0 Å². The van der Waals surface area contributed by atoms with E-state index in [-0.39, 0.29) is 6.10 Å². The Kier molecular flexibility index (Phi) is 8.91. The molecule has 1 nitrogen and oxygen atoms in total. The van der Waals surface area contributed by atoms with Gasteiger partial charge < -0.3 is 4.74 Å². The molecule has 0 aliphatic heterocycles. The van der Waals surface area contributed by atoms with Crippen LogP contribution in [0.2, 0.25) is 0 Å². The normalized spacial score (nSPS) is 13.1. The molecule has 3 rings (SSSR count). The summed E-state index contributed by atoms with van der Waals surface area (Å²) in [4.78, 5) is 0. The summed E-state index contributed by atoms with van der Waals surface area (Å²) in [6.45, 7) is 2.17. The molecule has 0 radical (unpaired) electrons. The van der Waals surface area contributed by atoms with Crippen LogP contribution in [0.4, 0.5) is 0 Å². The summed E-state index contributed by atoms with van der Waals surface area (Å²) in [5.41, 5.74) is 2.76. The maximum atomic E-state index is 7.14. The molecule has 1 atom stereocenters. The van der Waals surface area contributed by atoms with E-state index in [2.05, 4.69) is 143 Å². The van der Waals surface area contributed by atoms with Gasteiger partial charge in [0.1, 0.15) is 5.60 Å². The van der Waals surface area contributed by atoms with E-state index in [9.17, 15) is 0 Å². The van der Waals surface area contributed by atoms with Crippen molar-refractivity contribution in [2.75, 3.05) is 0 Å². The van der Waals surface area contributed by atoms with Crippen LogP contribution >= 0.6 is 22.6 Å². The molecule has 3 aromatic carbocycles. The van der Waals surface area contributed by atoms with Crippen LogP contribution in [0.25, 0.3) is 0 Å². The van der Waals surface area contributed by atoms with Gasteiger partial charge in [0.25, 0.3) is 0 Å². The Bertz CT molecular complexity index is 820. The minimum absolute atomic E-state index is 0.0550. The average molecular weight is 508 g/mol. The first-order chi connectivity index (χ1) is 14.8. The van der Waals surface area contributed by atoms with Crippen molar-refractivity contribution in [3.63, 3.8) is 0 Å². The summed E-state index contributed by atoms with van der Waals surface area (Å²) >= 11 is 2.28. The highest BCUT2D eigenvalue weighted by Gasteiger charge is 2.39. The predicted octanol–water partition coefficient (Wildman–Crippen LogP) is 8.06. The smallest absolute Gasteiger partial charge is 0.144 e. The van der Waals surface area contributed by atoms with Crippen molar-refractivity contribution in [1.29, 1.82) is 0 Å². The van der Waals surface area contributed by atoms with Crippen LogP contribution in [0, 0.1) is 0 Å². The van der Waals surface area contributed by atoms with Gasteiger partial charge in [0.2, 0.25) is 0 Å². The second-order valence-electron chi connectivity index (χ2n) is 7.23. The van der Waals surface area contributed by atoms with Crippen molar-refractivity contribution >= 4 is 22.6 Å². The van der Waals surface area contributed by atoms with E-state index in [4.69, 9.17) is 4.74 Å².